The normalized spacial score (nSPS) is 10.7. The summed E-state index contributed by atoms with van der Waals surface area (Å²) in [6.45, 7) is 4.97. The number of unbranched alkanes of at least 4 members (excludes halogenated alkanes) is 3. The summed E-state index contributed by atoms with van der Waals surface area (Å²) in [6, 6.07) is 12.8. The molecule has 2 nitrogen and oxygen atoms in total. The molecule has 23 heavy (non-hydrogen) atoms. The molecule has 0 saturated heterocycles. The van der Waals surface area contributed by atoms with E-state index in [0.29, 0.717) is 6.61 Å². The fourth-order valence-electron chi connectivity index (χ4n) is 2.70. The molecule has 0 fully saturated rings. The van der Waals surface area contributed by atoms with E-state index in [1.165, 1.54) is 42.5 Å². The van der Waals surface area contributed by atoms with Gasteiger partial charge in [0.1, 0.15) is 5.75 Å². The van der Waals surface area contributed by atoms with Gasteiger partial charge in [0.25, 0.3) is 0 Å². The van der Waals surface area contributed by atoms with Gasteiger partial charge in [-0.3, -0.25) is 4.98 Å². The van der Waals surface area contributed by atoms with Crippen LogP contribution in [-0.2, 0) is 19.3 Å². The zero-order valence-electron chi connectivity index (χ0n) is 14.6. The monoisotopic (exact) mass is 311 g/mol. The van der Waals surface area contributed by atoms with Crippen molar-refractivity contribution < 1.29 is 4.74 Å². The molecule has 1 aromatic carbocycles. The average molecular weight is 311 g/mol. The van der Waals surface area contributed by atoms with Gasteiger partial charge in [0.15, 0.2) is 0 Å². The van der Waals surface area contributed by atoms with Crippen molar-refractivity contribution >= 4 is 0 Å². The molecule has 0 saturated carbocycles. The van der Waals surface area contributed by atoms with Crippen molar-refractivity contribution in [1.82, 2.24) is 4.98 Å². The second kappa shape index (κ2) is 10.0. The second-order valence-corrected chi connectivity index (χ2v) is 6.05. The zero-order chi connectivity index (χ0) is 16.3. The third-order valence-corrected chi connectivity index (χ3v) is 4.11. The van der Waals surface area contributed by atoms with E-state index in [1.807, 2.05) is 19.1 Å². The van der Waals surface area contributed by atoms with Gasteiger partial charge >= 0.3 is 0 Å². The lowest BCUT2D eigenvalue weighted by atomic mass is 10.1. The van der Waals surface area contributed by atoms with Gasteiger partial charge in [-0.25, -0.2) is 0 Å². The van der Waals surface area contributed by atoms with E-state index in [9.17, 15) is 0 Å². The highest BCUT2D eigenvalue weighted by Crippen LogP contribution is 2.14. The molecule has 1 aromatic heterocycles. The third-order valence-electron chi connectivity index (χ3n) is 4.11. The van der Waals surface area contributed by atoms with Crippen molar-refractivity contribution in [2.45, 2.75) is 58.8 Å². The first-order valence-electron chi connectivity index (χ1n) is 8.97. The van der Waals surface area contributed by atoms with Crippen LogP contribution in [0.3, 0.4) is 0 Å². The van der Waals surface area contributed by atoms with E-state index in [0.717, 1.165) is 25.0 Å². The summed E-state index contributed by atoms with van der Waals surface area (Å²) in [6.07, 6.45) is 10.5. The standard InChI is InChI=1S/C21H29NO/c1-3-5-6-7-8-19-10-14-20(22-17-19)13-9-18-11-15-21(16-12-18)23-4-2/h10-12,14-17H,3-9,13H2,1-2H3. The molecule has 124 valence electrons. The molecule has 0 aliphatic carbocycles. The molecular weight excluding hydrogens is 282 g/mol. The Hall–Kier alpha value is -1.83. The molecule has 0 aliphatic heterocycles. The van der Waals surface area contributed by atoms with E-state index < -0.39 is 0 Å². The lowest BCUT2D eigenvalue weighted by molar-refractivity contribution is 0.340. The number of aromatic nitrogens is 1. The summed E-state index contributed by atoms with van der Waals surface area (Å²) < 4.78 is 5.47. The van der Waals surface area contributed by atoms with Crippen LogP contribution in [0, 0.1) is 0 Å². The van der Waals surface area contributed by atoms with Crippen LogP contribution in [0.25, 0.3) is 0 Å². The summed E-state index contributed by atoms with van der Waals surface area (Å²) in [5.74, 6) is 0.946. The maximum atomic E-state index is 5.47. The minimum absolute atomic E-state index is 0.716. The first-order valence-corrected chi connectivity index (χ1v) is 8.97. The number of benzene rings is 1. The highest BCUT2D eigenvalue weighted by Gasteiger charge is 2.00. The summed E-state index contributed by atoms with van der Waals surface area (Å²) in [5, 5.41) is 0. The van der Waals surface area contributed by atoms with Gasteiger partial charge in [0.2, 0.25) is 0 Å². The molecule has 0 atom stereocenters. The SMILES string of the molecule is CCCCCCc1ccc(CCc2ccc(OCC)cc2)nc1. The highest BCUT2D eigenvalue weighted by molar-refractivity contribution is 5.28. The predicted molar refractivity (Wildman–Crippen MR) is 97.1 cm³/mol. The Morgan fingerprint density at radius 1 is 0.783 bits per heavy atom. The molecule has 0 N–H and O–H groups in total. The minimum Gasteiger partial charge on any atom is -0.494 e. The number of pyridine rings is 1. The number of ether oxygens (including phenoxy) is 1. The summed E-state index contributed by atoms with van der Waals surface area (Å²) in [4.78, 5) is 4.61. The van der Waals surface area contributed by atoms with Gasteiger partial charge in [-0.2, -0.15) is 0 Å². The van der Waals surface area contributed by atoms with Crippen LogP contribution in [0.4, 0.5) is 0 Å². The van der Waals surface area contributed by atoms with Crippen molar-refractivity contribution in [3.8, 4) is 5.75 Å². The summed E-state index contributed by atoms with van der Waals surface area (Å²) in [7, 11) is 0. The fourth-order valence-corrected chi connectivity index (χ4v) is 2.70. The molecule has 2 heteroatoms. The maximum absolute atomic E-state index is 5.47. The van der Waals surface area contributed by atoms with Crippen molar-refractivity contribution in [3.05, 3.63) is 59.4 Å². The lowest BCUT2D eigenvalue weighted by Crippen LogP contribution is -1.96. The predicted octanol–water partition coefficient (Wildman–Crippen LogP) is 5.39. The Labute approximate surface area is 140 Å². The molecule has 2 aromatic rings. The molecular formula is C21H29NO. The average Bonchev–Trinajstić information content (AvgIpc) is 2.59. The zero-order valence-corrected chi connectivity index (χ0v) is 14.6. The van der Waals surface area contributed by atoms with Crippen molar-refractivity contribution in [2.75, 3.05) is 6.61 Å². The lowest BCUT2D eigenvalue weighted by Gasteiger charge is -2.06. The van der Waals surface area contributed by atoms with Gasteiger partial charge in [0, 0.05) is 11.9 Å². The summed E-state index contributed by atoms with van der Waals surface area (Å²) >= 11 is 0. The van der Waals surface area contributed by atoms with Crippen LogP contribution in [-0.4, -0.2) is 11.6 Å². The quantitative estimate of drug-likeness (QED) is 0.549. The largest absolute Gasteiger partial charge is 0.494 e. The van der Waals surface area contributed by atoms with Crippen LogP contribution in [0.1, 0.15) is 56.4 Å². The Balaban J connectivity index is 1.77. The van der Waals surface area contributed by atoms with E-state index in [-0.39, 0.29) is 0 Å². The minimum atomic E-state index is 0.716. The highest BCUT2D eigenvalue weighted by atomic mass is 16.5. The third kappa shape index (κ3) is 6.43. The smallest absolute Gasteiger partial charge is 0.119 e. The van der Waals surface area contributed by atoms with Gasteiger partial charge in [-0.15, -0.1) is 0 Å². The Morgan fingerprint density at radius 3 is 2.22 bits per heavy atom. The van der Waals surface area contributed by atoms with Crippen LogP contribution in [0.15, 0.2) is 42.6 Å². The van der Waals surface area contributed by atoms with Crippen molar-refractivity contribution in [3.63, 3.8) is 0 Å². The number of nitrogens with zero attached hydrogens (tertiary/aromatic N) is 1. The molecule has 0 radical (unpaired) electrons. The van der Waals surface area contributed by atoms with Crippen LogP contribution in [0.5, 0.6) is 5.75 Å². The maximum Gasteiger partial charge on any atom is 0.119 e. The Bertz CT molecular complexity index is 545. The summed E-state index contributed by atoms with van der Waals surface area (Å²) in [5.41, 5.74) is 3.88. The first-order chi connectivity index (χ1) is 11.3. The number of aryl methyl sites for hydroxylation is 3. The first kappa shape index (κ1) is 17.5. The van der Waals surface area contributed by atoms with Crippen LogP contribution in [0.2, 0.25) is 0 Å². The molecule has 0 aliphatic rings. The Morgan fingerprint density at radius 2 is 1.57 bits per heavy atom. The van der Waals surface area contributed by atoms with E-state index in [2.05, 4.69) is 42.4 Å². The number of hydrogen-bond donors (Lipinski definition) is 0. The van der Waals surface area contributed by atoms with Gasteiger partial charge in [0.05, 0.1) is 6.61 Å². The van der Waals surface area contributed by atoms with Gasteiger partial charge in [-0.05, 0) is 61.9 Å². The molecule has 0 unspecified atom stereocenters. The molecule has 0 amide bonds. The van der Waals surface area contributed by atoms with Crippen LogP contribution < -0.4 is 4.74 Å². The molecule has 1 heterocycles. The van der Waals surface area contributed by atoms with E-state index in [4.69, 9.17) is 4.74 Å². The number of rotatable bonds is 10. The van der Waals surface area contributed by atoms with Gasteiger partial charge in [-0.1, -0.05) is 44.4 Å². The topological polar surface area (TPSA) is 22.1 Å². The van der Waals surface area contributed by atoms with Crippen molar-refractivity contribution in [2.24, 2.45) is 0 Å². The molecule has 0 spiro atoms. The van der Waals surface area contributed by atoms with E-state index in [1.54, 1.807) is 0 Å². The van der Waals surface area contributed by atoms with Gasteiger partial charge < -0.3 is 4.74 Å². The van der Waals surface area contributed by atoms with Crippen molar-refractivity contribution in [1.29, 1.82) is 0 Å². The number of hydrogen-bond acceptors (Lipinski definition) is 2. The molecule has 2 rings (SSSR count). The van der Waals surface area contributed by atoms with E-state index >= 15 is 0 Å². The fraction of sp³-hybridized carbons (Fsp3) is 0.476. The molecule has 0 bridgehead atoms. The second-order valence-electron chi connectivity index (χ2n) is 6.05. The van der Waals surface area contributed by atoms with Crippen LogP contribution >= 0.6 is 0 Å². The Kier molecular flexibility index (Phi) is 7.65.